The van der Waals surface area contributed by atoms with Crippen LogP contribution in [0.25, 0.3) is 6.08 Å². The number of hydrogen-bond donors (Lipinski definition) is 1. The number of benzene rings is 3. The standard InChI is InChI=1S/C25H18Cl2N2O4/c1-15-5-2-3-8-21(15)29-24(31)20(23(30)28-25(29)32)13-17-12-19(27)9-10-22(17)33-14-16-6-4-7-18(26)11-16/h2-13H,14H2,1H3,(H,28,30,32)/b20-13+. The second-order valence-electron chi connectivity index (χ2n) is 7.35. The lowest BCUT2D eigenvalue weighted by Gasteiger charge is -2.27. The first-order chi connectivity index (χ1) is 15.8. The molecule has 0 unspecified atom stereocenters. The number of rotatable bonds is 5. The normalized spacial score (nSPS) is 15.1. The van der Waals surface area contributed by atoms with Gasteiger partial charge in [0.2, 0.25) is 0 Å². The number of nitrogens with one attached hydrogen (secondary N) is 1. The Morgan fingerprint density at radius 3 is 2.45 bits per heavy atom. The van der Waals surface area contributed by atoms with Crippen molar-refractivity contribution in [2.24, 2.45) is 0 Å². The minimum absolute atomic E-state index is 0.215. The number of urea groups is 1. The third kappa shape index (κ3) is 4.92. The minimum atomic E-state index is -0.806. The van der Waals surface area contributed by atoms with Crippen LogP contribution in [-0.2, 0) is 16.2 Å². The summed E-state index contributed by atoms with van der Waals surface area (Å²) >= 11 is 12.2. The van der Waals surface area contributed by atoms with Gasteiger partial charge in [-0.25, -0.2) is 9.69 Å². The van der Waals surface area contributed by atoms with Gasteiger partial charge in [-0.2, -0.15) is 0 Å². The van der Waals surface area contributed by atoms with E-state index in [-0.39, 0.29) is 12.2 Å². The molecule has 0 spiro atoms. The summed E-state index contributed by atoms with van der Waals surface area (Å²) in [5, 5.41) is 3.20. The van der Waals surface area contributed by atoms with Gasteiger partial charge in [0.1, 0.15) is 17.9 Å². The number of barbiturate groups is 1. The maximum Gasteiger partial charge on any atom is 0.335 e. The zero-order valence-electron chi connectivity index (χ0n) is 17.5. The number of carbonyl (C=O) groups excluding carboxylic acids is 3. The maximum atomic E-state index is 13.2. The lowest BCUT2D eigenvalue weighted by Crippen LogP contribution is -2.54. The van der Waals surface area contributed by atoms with Gasteiger partial charge in [-0.15, -0.1) is 0 Å². The Bertz CT molecular complexity index is 1300. The van der Waals surface area contributed by atoms with Crippen molar-refractivity contribution in [3.8, 4) is 5.75 Å². The largest absolute Gasteiger partial charge is 0.488 e. The molecular formula is C25H18Cl2N2O4. The van der Waals surface area contributed by atoms with E-state index in [1.54, 1.807) is 61.5 Å². The number of imide groups is 2. The van der Waals surface area contributed by atoms with Gasteiger partial charge in [-0.1, -0.05) is 53.5 Å². The first-order valence-corrected chi connectivity index (χ1v) is 10.7. The average molecular weight is 481 g/mol. The van der Waals surface area contributed by atoms with E-state index >= 15 is 0 Å². The van der Waals surface area contributed by atoms with Gasteiger partial charge in [0.05, 0.1) is 5.69 Å². The molecule has 3 aromatic rings. The van der Waals surface area contributed by atoms with E-state index in [1.807, 2.05) is 12.1 Å². The lowest BCUT2D eigenvalue weighted by atomic mass is 10.0. The zero-order valence-corrected chi connectivity index (χ0v) is 19.0. The zero-order chi connectivity index (χ0) is 23.5. The van der Waals surface area contributed by atoms with Crippen LogP contribution in [0, 0.1) is 6.92 Å². The van der Waals surface area contributed by atoms with Gasteiger partial charge in [0.25, 0.3) is 11.8 Å². The number of amides is 4. The second kappa shape index (κ2) is 9.48. The minimum Gasteiger partial charge on any atom is -0.488 e. The Hall–Kier alpha value is -3.61. The smallest absolute Gasteiger partial charge is 0.335 e. The summed E-state index contributed by atoms with van der Waals surface area (Å²) in [5.41, 5.74) is 2.15. The Morgan fingerprint density at radius 1 is 0.939 bits per heavy atom. The summed E-state index contributed by atoms with van der Waals surface area (Å²) in [6.07, 6.45) is 1.37. The van der Waals surface area contributed by atoms with Crippen LogP contribution in [0.4, 0.5) is 10.5 Å². The second-order valence-corrected chi connectivity index (χ2v) is 8.22. The van der Waals surface area contributed by atoms with Gasteiger partial charge >= 0.3 is 6.03 Å². The number of hydrogen-bond acceptors (Lipinski definition) is 4. The molecule has 0 aliphatic carbocycles. The first kappa shape index (κ1) is 22.6. The summed E-state index contributed by atoms with van der Waals surface area (Å²) in [6, 6.07) is 18.2. The summed E-state index contributed by atoms with van der Waals surface area (Å²) in [4.78, 5) is 39.2. The number of ether oxygens (including phenoxy) is 1. The molecule has 1 saturated heterocycles. The van der Waals surface area contributed by atoms with Gasteiger partial charge in [-0.3, -0.25) is 14.9 Å². The molecule has 0 atom stereocenters. The number of para-hydroxylation sites is 1. The number of nitrogens with zero attached hydrogens (tertiary/aromatic N) is 1. The van der Waals surface area contributed by atoms with Crippen LogP contribution in [0.3, 0.4) is 0 Å². The molecule has 4 amide bonds. The molecule has 1 aliphatic rings. The van der Waals surface area contributed by atoms with Gasteiger partial charge < -0.3 is 4.74 Å². The maximum absolute atomic E-state index is 13.2. The van der Waals surface area contributed by atoms with E-state index in [1.165, 1.54) is 6.08 Å². The molecule has 0 radical (unpaired) electrons. The Kier molecular flexibility index (Phi) is 6.49. The fourth-order valence-corrected chi connectivity index (χ4v) is 3.79. The lowest BCUT2D eigenvalue weighted by molar-refractivity contribution is -0.122. The fourth-order valence-electron chi connectivity index (χ4n) is 3.40. The van der Waals surface area contributed by atoms with Crippen molar-refractivity contribution < 1.29 is 19.1 Å². The predicted octanol–water partition coefficient (Wildman–Crippen LogP) is 5.55. The molecule has 4 rings (SSSR count). The van der Waals surface area contributed by atoms with E-state index < -0.39 is 17.8 Å². The van der Waals surface area contributed by atoms with Crippen LogP contribution >= 0.6 is 23.2 Å². The summed E-state index contributed by atoms with van der Waals surface area (Å²) in [6.45, 7) is 1.99. The fraction of sp³-hybridized carbons (Fsp3) is 0.0800. The highest BCUT2D eigenvalue weighted by Gasteiger charge is 2.37. The molecule has 1 N–H and O–H groups in total. The molecule has 0 aromatic heterocycles. The number of aryl methyl sites for hydroxylation is 1. The number of halogens is 2. The molecule has 1 heterocycles. The van der Waals surface area contributed by atoms with E-state index in [2.05, 4.69) is 5.32 Å². The van der Waals surface area contributed by atoms with E-state index in [9.17, 15) is 14.4 Å². The third-order valence-electron chi connectivity index (χ3n) is 5.01. The van der Waals surface area contributed by atoms with Crippen molar-refractivity contribution in [3.63, 3.8) is 0 Å². The molecule has 33 heavy (non-hydrogen) atoms. The van der Waals surface area contributed by atoms with Crippen LogP contribution in [-0.4, -0.2) is 17.8 Å². The molecule has 0 bridgehead atoms. The quantitative estimate of drug-likeness (QED) is 0.383. The van der Waals surface area contributed by atoms with Crippen molar-refractivity contribution >= 4 is 52.8 Å². The van der Waals surface area contributed by atoms with Gasteiger partial charge in [-0.05, 0) is 60.5 Å². The molecule has 1 fully saturated rings. The van der Waals surface area contributed by atoms with Crippen LogP contribution in [0.2, 0.25) is 10.0 Å². The monoisotopic (exact) mass is 480 g/mol. The average Bonchev–Trinajstić information content (AvgIpc) is 2.77. The highest BCUT2D eigenvalue weighted by atomic mass is 35.5. The van der Waals surface area contributed by atoms with Gasteiger partial charge in [0.15, 0.2) is 0 Å². The summed E-state index contributed by atoms with van der Waals surface area (Å²) in [7, 11) is 0. The van der Waals surface area contributed by atoms with Crippen molar-refractivity contribution in [1.29, 1.82) is 0 Å². The SMILES string of the molecule is Cc1ccccc1N1C(=O)NC(=O)/C(=C\c2cc(Cl)ccc2OCc2cccc(Cl)c2)C1=O. The number of carbonyl (C=O) groups is 3. The molecular weight excluding hydrogens is 463 g/mol. The molecule has 0 saturated carbocycles. The molecule has 1 aliphatic heterocycles. The summed E-state index contributed by atoms with van der Waals surface area (Å²) in [5.74, 6) is -1.12. The van der Waals surface area contributed by atoms with E-state index in [0.29, 0.717) is 32.6 Å². The summed E-state index contributed by atoms with van der Waals surface area (Å²) < 4.78 is 5.91. The van der Waals surface area contributed by atoms with Crippen molar-refractivity contribution in [1.82, 2.24) is 5.32 Å². The molecule has 3 aromatic carbocycles. The molecule has 166 valence electrons. The molecule has 6 nitrogen and oxygen atoms in total. The number of anilines is 1. The van der Waals surface area contributed by atoms with E-state index in [4.69, 9.17) is 27.9 Å². The topological polar surface area (TPSA) is 75.7 Å². The van der Waals surface area contributed by atoms with Gasteiger partial charge in [0, 0.05) is 15.6 Å². The van der Waals surface area contributed by atoms with Crippen LogP contribution in [0.5, 0.6) is 5.75 Å². The Labute approximate surface area is 200 Å². The Morgan fingerprint density at radius 2 is 1.70 bits per heavy atom. The van der Waals surface area contributed by atoms with E-state index in [0.717, 1.165) is 10.5 Å². The first-order valence-electron chi connectivity index (χ1n) is 9.97. The van der Waals surface area contributed by atoms with Crippen LogP contribution in [0.15, 0.2) is 72.3 Å². The predicted molar refractivity (Wildman–Crippen MR) is 127 cm³/mol. The van der Waals surface area contributed by atoms with Crippen molar-refractivity contribution in [2.45, 2.75) is 13.5 Å². The highest BCUT2D eigenvalue weighted by Crippen LogP contribution is 2.29. The molecule has 8 heteroatoms. The van der Waals surface area contributed by atoms with Crippen molar-refractivity contribution in [3.05, 3.63) is 99.0 Å². The third-order valence-corrected chi connectivity index (χ3v) is 5.48. The van der Waals surface area contributed by atoms with Crippen LogP contribution in [0.1, 0.15) is 16.7 Å². The Balaban J connectivity index is 1.69. The van der Waals surface area contributed by atoms with Crippen LogP contribution < -0.4 is 15.0 Å². The van der Waals surface area contributed by atoms with Crippen molar-refractivity contribution in [2.75, 3.05) is 4.90 Å². The highest BCUT2D eigenvalue weighted by molar-refractivity contribution is 6.39.